The summed E-state index contributed by atoms with van der Waals surface area (Å²) < 4.78 is 18.3. The van der Waals surface area contributed by atoms with Crippen molar-refractivity contribution in [2.24, 2.45) is 11.1 Å². The van der Waals surface area contributed by atoms with E-state index in [0.717, 1.165) is 5.56 Å². The Kier molecular flexibility index (Phi) is 4.60. The number of hydrogen-bond acceptors (Lipinski definition) is 3. The van der Waals surface area contributed by atoms with Gasteiger partial charge >= 0.3 is 6.09 Å². The lowest BCUT2D eigenvalue weighted by molar-refractivity contribution is 0.0453. The molecule has 4 nitrogen and oxygen atoms in total. The number of rotatable bonds is 3. The Bertz CT molecular complexity index is 454. The second kappa shape index (κ2) is 6.22. The van der Waals surface area contributed by atoms with Crippen LogP contribution in [0.25, 0.3) is 0 Å². The Morgan fingerprint density at radius 1 is 1.50 bits per heavy atom. The van der Waals surface area contributed by atoms with Crippen LogP contribution < -0.4 is 5.73 Å². The van der Waals surface area contributed by atoms with Crippen molar-refractivity contribution >= 4 is 6.09 Å². The Labute approximate surface area is 118 Å². The van der Waals surface area contributed by atoms with Crippen LogP contribution in [0.1, 0.15) is 18.9 Å². The van der Waals surface area contributed by atoms with Gasteiger partial charge in [-0.3, -0.25) is 4.39 Å². The number of ether oxygens (including phenoxy) is 1. The Balaban J connectivity index is 1.85. The van der Waals surface area contributed by atoms with Crippen LogP contribution in [0.5, 0.6) is 0 Å². The number of halogens is 1. The fraction of sp³-hybridized carbons (Fsp3) is 0.533. The van der Waals surface area contributed by atoms with Gasteiger partial charge in [0.15, 0.2) is 0 Å². The fourth-order valence-electron chi connectivity index (χ4n) is 2.27. The Morgan fingerprint density at radius 2 is 2.20 bits per heavy atom. The van der Waals surface area contributed by atoms with E-state index >= 15 is 0 Å². The minimum atomic E-state index is -0.532. The summed E-state index contributed by atoms with van der Waals surface area (Å²) in [6, 6.07) is 9.14. The van der Waals surface area contributed by atoms with Gasteiger partial charge in [0, 0.05) is 24.5 Å². The lowest BCUT2D eigenvalue weighted by Gasteiger charge is -2.42. The van der Waals surface area contributed by atoms with E-state index in [1.807, 2.05) is 37.3 Å². The van der Waals surface area contributed by atoms with Gasteiger partial charge in [0.2, 0.25) is 0 Å². The zero-order valence-electron chi connectivity index (χ0n) is 11.7. The Morgan fingerprint density at radius 3 is 2.80 bits per heavy atom. The maximum atomic E-state index is 13.0. The van der Waals surface area contributed by atoms with E-state index in [2.05, 4.69) is 0 Å². The summed E-state index contributed by atoms with van der Waals surface area (Å²) in [7, 11) is 0. The minimum absolute atomic E-state index is 0.242. The molecule has 1 amide bonds. The molecule has 20 heavy (non-hydrogen) atoms. The first-order valence-corrected chi connectivity index (χ1v) is 6.82. The van der Waals surface area contributed by atoms with Crippen molar-refractivity contribution in [2.45, 2.75) is 26.0 Å². The minimum Gasteiger partial charge on any atom is -0.445 e. The second-order valence-corrected chi connectivity index (χ2v) is 5.63. The van der Waals surface area contributed by atoms with E-state index in [1.54, 1.807) is 4.90 Å². The average Bonchev–Trinajstić information content (AvgIpc) is 2.48. The molecular formula is C15H21FN2O2. The average molecular weight is 280 g/mol. The molecule has 5 heteroatoms. The molecule has 2 atom stereocenters. The maximum Gasteiger partial charge on any atom is 0.410 e. The number of nitrogens with two attached hydrogens (primary N) is 1. The molecule has 1 fully saturated rings. The van der Waals surface area contributed by atoms with Crippen LogP contribution in [0.4, 0.5) is 9.18 Å². The van der Waals surface area contributed by atoms with Crippen LogP contribution in [0, 0.1) is 5.41 Å². The number of alkyl halides is 1. The van der Waals surface area contributed by atoms with E-state index < -0.39 is 12.1 Å². The number of likely N-dealkylation sites (tertiary alicyclic amines) is 1. The predicted octanol–water partition coefficient (Wildman–Crippen LogP) is 2.33. The molecule has 1 aliphatic heterocycles. The van der Waals surface area contributed by atoms with Crippen molar-refractivity contribution in [3.63, 3.8) is 0 Å². The monoisotopic (exact) mass is 280 g/mol. The third-order valence-electron chi connectivity index (χ3n) is 4.03. The summed E-state index contributed by atoms with van der Waals surface area (Å²) in [5.74, 6) is 0. The van der Waals surface area contributed by atoms with Crippen molar-refractivity contribution in [3.05, 3.63) is 35.9 Å². The van der Waals surface area contributed by atoms with Gasteiger partial charge in [-0.25, -0.2) is 4.79 Å². The number of carbonyl (C=O) groups excluding carboxylic acids is 1. The highest BCUT2D eigenvalue weighted by Gasteiger charge is 2.39. The molecule has 0 aliphatic carbocycles. The SMILES string of the molecule is CC1(CF)CCN(C(=O)OCc2ccccc2)CC1N. The molecule has 2 N–H and O–H groups in total. The number of nitrogens with zero attached hydrogens (tertiary/aromatic N) is 1. The highest BCUT2D eigenvalue weighted by atomic mass is 19.1. The van der Waals surface area contributed by atoms with Crippen LogP contribution in [0.3, 0.4) is 0 Å². The first-order valence-electron chi connectivity index (χ1n) is 6.82. The van der Waals surface area contributed by atoms with Gasteiger partial charge in [-0.05, 0) is 12.0 Å². The van der Waals surface area contributed by atoms with E-state index in [4.69, 9.17) is 10.5 Å². The van der Waals surface area contributed by atoms with Gasteiger partial charge in [0.05, 0.1) is 6.67 Å². The molecule has 0 saturated carbocycles. The summed E-state index contributed by atoms with van der Waals surface area (Å²) in [5.41, 5.74) is 6.38. The quantitative estimate of drug-likeness (QED) is 0.924. The molecule has 1 aromatic carbocycles. The molecular weight excluding hydrogens is 259 g/mol. The van der Waals surface area contributed by atoms with Crippen molar-refractivity contribution in [1.29, 1.82) is 0 Å². The van der Waals surface area contributed by atoms with Crippen molar-refractivity contribution < 1.29 is 13.9 Å². The third kappa shape index (κ3) is 3.28. The highest BCUT2D eigenvalue weighted by Crippen LogP contribution is 2.30. The molecule has 1 saturated heterocycles. The number of carbonyl (C=O) groups is 1. The van der Waals surface area contributed by atoms with Gasteiger partial charge in [-0.1, -0.05) is 37.3 Å². The summed E-state index contributed by atoms with van der Waals surface area (Å²) in [6.07, 6.45) is 0.177. The zero-order chi connectivity index (χ0) is 14.6. The molecule has 1 heterocycles. The zero-order valence-corrected chi connectivity index (χ0v) is 11.7. The van der Waals surface area contributed by atoms with Crippen LogP contribution in [0.2, 0.25) is 0 Å². The molecule has 0 aromatic heterocycles. The smallest absolute Gasteiger partial charge is 0.410 e. The highest BCUT2D eigenvalue weighted by molar-refractivity contribution is 5.67. The van der Waals surface area contributed by atoms with E-state index in [0.29, 0.717) is 19.5 Å². The van der Waals surface area contributed by atoms with Crippen molar-refractivity contribution in [1.82, 2.24) is 4.90 Å². The number of piperidine rings is 1. The van der Waals surface area contributed by atoms with Gasteiger partial charge in [0.25, 0.3) is 0 Å². The number of benzene rings is 1. The molecule has 110 valence electrons. The van der Waals surface area contributed by atoms with Crippen LogP contribution in [0.15, 0.2) is 30.3 Å². The number of hydrogen-bond donors (Lipinski definition) is 1. The first kappa shape index (κ1) is 14.8. The normalized spacial score (nSPS) is 26.4. The van der Waals surface area contributed by atoms with Gasteiger partial charge in [0.1, 0.15) is 6.61 Å². The molecule has 0 bridgehead atoms. The summed E-state index contributed by atoms with van der Waals surface area (Å²) in [4.78, 5) is 13.5. The lowest BCUT2D eigenvalue weighted by Crippen LogP contribution is -2.56. The molecule has 0 radical (unpaired) electrons. The van der Waals surface area contributed by atoms with Gasteiger partial charge in [-0.15, -0.1) is 0 Å². The maximum absolute atomic E-state index is 13.0. The predicted molar refractivity (Wildman–Crippen MR) is 74.9 cm³/mol. The largest absolute Gasteiger partial charge is 0.445 e. The molecule has 1 aromatic rings. The molecule has 2 unspecified atom stereocenters. The Hall–Kier alpha value is -1.62. The second-order valence-electron chi connectivity index (χ2n) is 5.63. The standard InChI is InChI=1S/C15H21FN2O2/c1-15(11-16)7-8-18(9-13(15)17)14(19)20-10-12-5-3-2-4-6-12/h2-6,13H,7-11,17H2,1H3. The molecule has 1 aliphatic rings. The fourth-order valence-corrected chi connectivity index (χ4v) is 2.27. The lowest BCUT2D eigenvalue weighted by atomic mass is 9.78. The molecule has 0 spiro atoms. The molecule has 2 rings (SSSR count). The van der Waals surface area contributed by atoms with Crippen LogP contribution in [-0.4, -0.2) is 36.8 Å². The van der Waals surface area contributed by atoms with Crippen LogP contribution >= 0.6 is 0 Å². The van der Waals surface area contributed by atoms with Crippen LogP contribution in [-0.2, 0) is 11.3 Å². The van der Waals surface area contributed by atoms with E-state index in [-0.39, 0.29) is 18.7 Å². The van der Waals surface area contributed by atoms with Gasteiger partial charge < -0.3 is 15.4 Å². The first-order chi connectivity index (χ1) is 9.55. The summed E-state index contributed by atoms with van der Waals surface area (Å²) in [5, 5.41) is 0. The number of amides is 1. The van der Waals surface area contributed by atoms with E-state index in [1.165, 1.54) is 0 Å². The summed E-state index contributed by atoms with van der Waals surface area (Å²) in [6.45, 7) is 2.44. The summed E-state index contributed by atoms with van der Waals surface area (Å²) >= 11 is 0. The van der Waals surface area contributed by atoms with E-state index in [9.17, 15) is 9.18 Å². The van der Waals surface area contributed by atoms with Crippen molar-refractivity contribution in [2.75, 3.05) is 19.8 Å². The van der Waals surface area contributed by atoms with Crippen molar-refractivity contribution in [3.8, 4) is 0 Å². The third-order valence-corrected chi connectivity index (χ3v) is 4.03. The topological polar surface area (TPSA) is 55.6 Å². The van der Waals surface area contributed by atoms with Gasteiger partial charge in [-0.2, -0.15) is 0 Å².